The lowest BCUT2D eigenvalue weighted by molar-refractivity contribution is 0.0609. The predicted octanol–water partition coefficient (Wildman–Crippen LogP) is 0.587. The molecule has 5 nitrogen and oxygen atoms in total. The molecule has 0 aliphatic carbocycles. The minimum absolute atomic E-state index is 0.0599. The van der Waals surface area contributed by atoms with Gasteiger partial charge in [-0.15, -0.1) is 10.2 Å². The van der Waals surface area contributed by atoms with E-state index in [0.29, 0.717) is 5.01 Å². The largest absolute Gasteiger partial charge is 0.298 e. The molecule has 0 atom stereocenters. The van der Waals surface area contributed by atoms with Crippen molar-refractivity contribution in [2.75, 3.05) is 13.1 Å². The number of hydrogen-bond donors (Lipinski definition) is 1. The van der Waals surface area contributed by atoms with Gasteiger partial charge in [0.2, 0.25) is 5.01 Å². The van der Waals surface area contributed by atoms with Crippen molar-refractivity contribution in [2.45, 2.75) is 19.8 Å². The molecule has 0 saturated carbocycles. The summed E-state index contributed by atoms with van der Waals surface area (Å²) >= 11 is 1.34. The van der Waals surface area contributed by atoms with E-state index in [2.05, 4.69) is 15.6 Å². The third-order valence-corrected chi connectivity index (χ3v) is 2.89. The Bertz CT molecular complexity index is 332. The molecule has 0 radical (unpaired) electrons. The molecule has 1 fully saturated rings. The number of amides is 1. The van der Waals surface area contributed by atoms with Crippen LogP contribution < -0.4 is 5.43 Å². The van der Waals surface area contributed by atoms with Gasteiger partial charge >= 0.3 is 0 Å². The van der Waals surface area contributed by atoms with Crippen LogP contribution in [-0.2, 0) is 0 Å². The first-order chi connectivity index (χ1) is 6.77. The summed E-state index contributed by atoms with van der Waals surface area (Å²) in [5.41, 5.74) is 3.05. The number of aromatic nitrogens is 2. The Hall–Kier alpha value is -1.01. The molecule has 0 spiro atoms. The first-order valence-corrected chi connectivity index (χ1v) is 5.44. The van der Waals surface area contributed by atoms with Gasteiger partial charge < -0.3 is 0 Å². The van der Waals surface area contributed by atoms with Crippen LogP contribution >= 0.6 is 11.3 Å². The van der Waals surface area contributed by atoms with E-state index in [9.17, 15) is 4.79 Å². The Labute approximate surface area is 86.1 Å². The molecular formula is C8H12N4OS. The van der Waals surface area contributed by atoms with E-state index in [4.69, 9.17) is 0 Å². The fourth-order valence-electron chi connectivity index (χ4n) is 1.36. The van der Waals surface area contributed by atoms with E-state index in [0.717, 1.165) is 30.9 Å². The molecule has 2 heterocycles. The van der Waals surface area contributed by atoms with Crippen LogP contribution in [0.25, 0.3) is 0 Å². The van der Waals surface area contributed by atoms with Crippen LogP contribution in [0.3, 0.4) is 0 Å². The Morgan fingerprint density at radius 3 is 2.93 bits per heavy atom. The van der Waals surface area contributed by atoms with Crippen LogP contribution in [0.5, 0.6) is 0 Å². The summed E-state index contributed by atoms with van der Waals surface area (Å²) in [6.45, 7) is 3.47. The van der Waals surface area contributed by atoms with Crippen LogP contribution in [0, 0.1) is 6.92 Å². The van der Waals surface area contributed by atoms with Crippen molar-refractivity contribution in [3.05, 3.63) is 10.0 Å². The van der Waals surface area contributed by atoms with Gasteiger partial charge in [0.1, 0.15) is 5.01 Å². The van der Waals surface area contributed by atoms with E-state index in [-0.39, 0.29) is 5.91 Å². The van der Waals surface area contributed by atoms with E-state index < -0.39 is 0 Å². The maximum atomic E-state index is 11.8. The highest BCUT2D eigenvalue weighted by Gasteiger charge is 2.20. The van der Waals surface area contributed by atoms with Crippen molar-refractivity contribution >= 4 is 17.2 Å². The van der Waals surface area contributed by atoms with Crippen LogP contribution in [0.15, 0.2) is 0 Å². The highest BCUT2D eigenvalue weighted by atomic mass is 32.1. The van der Waals surface area contributed by atoms with Gasteiger partial charge in [-0.3, -0.25) is 9.80 Å². The Morgan fingerprint density at radius 2 is 2.36 bits per heavy atom. The molecule has 1 N–H and O–H groups in total. The van der Waals surface area contributed by atoms with Gasteiger partial charge in [0.25, 0.3) is 5.91 Å². The number of carbonyl (C=O) groups excluding carboxylic acids is 1. The lowest BCUT2D eigenvalue weighted by Crippen LogP contribution is -2.46. The second-order valence-corrected chi connectivity index (χ2v) is 4.38. The molecule has 1 amide bonds. The van der Waals surface area contributed by atoms with Crippen molar-refractivity contribution < 1.29 is 4.79 Å². The van der Waals surface area contributed by atoms with Gasteiger partial charge in [-0.2, -0.15) is 0 Å². The van der Waals surface area contributed by atoms with Gasteiger partial charge in [-0.05, 0) is 19.8 Å². The third-order valence-electron chi connectivity index (χ3n) is 2.07. The average Bonchev–Trinajstić information content (AvgIpc) is 2.65. The van der Waals surface area contributed by atoms with Crippen molar-refractivity contribution in [1.29, 1.82) is 0 Å². The lowest BCUT2D eigenvalue weighted by Gasteiger charge is -2.26. The van der Waals surface area contributed by atoms with Gasteiger partial charge in [0.15, 0.2) is 0 Å². The Balaban J connectivity index is 2.07. The molecule has 0 bridgehead atoms. The van der Waals surface area contributed by atoms with Crippen molar-refractivity contribution in [3.8, 4) is 0 Å². The molecule has 1 aliphatic rings. The van der Waals surface area contributed by atoms with Crippen molar-refractivity contribution in [2.24, 2.45) is 0 Å². The molecule has 1 aromatic rings. The fraction of sp³-hybridized carbons (Fsp3) is 0.625. The number of carbonyl (C=O) groups is 1. The summed E-state index contributed by atoms with van der Waals surface area (Å²) in [7, 11) is 0. The maximum absolute atomic E-state index is 11.8. The number of hydrogen-bond acceptors (Lipinski definition) is 5. The second kappa shape index (κ2) is 4.02. The molecule has 0 unspecified atom stereocenters. The smallest absolute Gasteiger partial charge is 0.272 e. The minimum Gasteiger partial charge on any atom is -0.272 e. The molecule has 1 aromatic heterocycles. The van der Waals surface area contributed by atoms with Crippen molar-refractivity contribution in [1.82, 2.24) is 20.6 Å². The number of nitrogens with one attached hydrogen (secondary N) is 1. The number of hydrazine groups is 1. The van der Waals surface area contributed by atoms with Gasteiger partial charge in [-0.25, -0.2) is 5.43 Å². The van der Waals surface area contributed by atoms with E-state index in [1.54, 1.807) is 5.01 Å². The topological polar surface area (TPSA) is 58.1 Å². The normalized spacial score (nSPS) is 17.1. The molecule has 76 valence electrons. The van der Waals surface area contributed by atoms with Crippen LogP contribution in [0.2, 0.25) is 0 Å². The molecule has 1 saturated heterocycles. The number of nitrogens with zero attached hydrogens (tertiary/aromatic N) is 3. The highest BCUT2D eigenvalue weighted by molar-refractivity contribution is 7.13. The summed E-state index contributed by atoms with van der Waals surface area (Å²) in [6.07, 6.45) is 2.18. The highest BCUT2D eigenvalue weighted by Crippen LogP contribution is 2.11. The summed E-state index contributed by atoms with van der Waals surface area (Å²) in [4.78, 5) is 11.8. The van der Waals surface area contributed by atoms with Gasteiger partial charge in [-0.1, -0.05) is 11.3 Å². The first-order valence-electron chi connectivity index (χ1n) is 4.63. The van der Waals surface area contributed by atoms with Gasteiger partial charge in [0, 0.05) is 13.1 Å². The zero-order chi connectivity index (χ0) is 9.97. The predicted molar refractivity (Wildman–Crippen MR) is 52.9 cm³/mol. The second-order valence-electron chi connectivity index (χ2n) is 3.20. The summed E-state index contributed by atoms with van der Waals surface area (Å²) in [6, 6.07) is 0. The minimum atomic E-state index is -0.0599. The summed E-state index contributed by atoms with van der Waals surface area (Å²) in [5.74, 6) is -0.0599. The molecular weight excluding hydrogens is 200 g/mol. The van der Waals surface area contributed by atoms with Crippen molar-refractivity contribution in [3.63, 3.8) is 0 Å². The fourth-order valence-corrected chi connectivity index (χ4v) is 2.00. The van der Waals surface area contributed by atoms with Gasteiger partial charge in [0.05, 0.1) is 0 Å². The summed E-state index contributed by atoms with van der Waals surface area (Å²) in [5, 5.41) is 10.6. The number of aryl methyl sites for hydroxylation is 1. The first kappa shape index (κ1) is 9.54. The Kier molecular flexibility index (Phi) is 2.74. The molecule has 1 aliphatic heterocycles. The van der Waals surface area contributed by atoms with E-state index in [1.165, 1.54) is 11.3 Å². The average molecular weight is 212 g/mol. The van der Waals surface area contributed by atoms with Crippen LogP contribution in [0.1, 0.15) is 27.7 Å². The van der Waals surface area contributed by atoms with E-state index >= 15 is 0 Å². The quantitative estimate of drug-likeness (QED) is 0.740. The van der Waals surface area contributed by atoms with E-state index in [1.807, 2.05) is 6.92 Å². The SMILES string of the molecule is Cc1nnc(C(=O)N2CCCCN2)s1. The Morgan fingerprint density at radius 1 is 1.50 bits per heavy atom. The van der Waals surface area contributed by atoms with Crippen LogP contribution in [-0.4, -0.2) is 34.2 Å². The molecule has 2 rings (SSSR count). The standard InChI is InChI=1S/C8H12N4OS/c1-6-10-11-7(14-6)8(13)12-5-3-2-4-9-12/h9H,2-5H2,1H3. The summed E-state index contributed by atoms with van der Waals surface area (Å²) < 4.78 is 0. The molecule has 0 aromatic carbocycles. The molecule has 6 heteroatoms. The number of rotatable bonds is 1. The molecule has 14 heavy (non-hydrogen) atoms. The lowest BCUT2D eigenvalue weighted by atomic mass is 10.2. The van der Waals surface area contributed by atoms with Crippen LogP contribution in [0.4, 0.5) is 0 Å². The monoisotopic (exact) mass is 212 g/mol. The zero-order valence-corrected chi connectivity index (χ0v) is 8.80. The zero-order valence-electron chi connectivity index (χ0n) is 7.99. The maximum Gasteiger partial charge on any atom is 0.298 e. The third kappa shape index (κ3) is 1.91.